The Hall–Kier alpha value is -1.81. The molecule has 1 aliphatic heterocycles. The minimum atomic E-state index is 0.193. The first-order chi connectivity index (χ1) is 10.3. The molecule has 1 saturated heterocycles. The van der Waals surface area contributed by atoms with Crippen LogP contribution in [0.25, 0.3) is 10.9 Å². The zero-order valence-electron chi connectivity index (χ0n) is 12.6. The maximum atomic E-state index is 12.4. The van der Waals surface area contributed by atoms with Crippen LogP contribution < -0.4 is 4.90 Å². The van der Waals surface area contributed by atoms with E-state index < -0.39 is 0 Å². The zero-order valence-corrected chi connectivity index (χ0v) is 12.6. The van der Waals surface area contributed by atoms with Crippen molar-refractivity contribution in [1.82, 2.24) is 9.88 Å². The van der Waals surface area contributed by atoms with Crippen LogP contribution in [0, 0.1) is 0 Å². The molecule has 2 heterocycles. The third-order valence-electron chi connectivity index (χ3n) is 4.30. The van der Waals surface area contributed by atoms with Gasteiger partial charge in [0.15, 0.2) is 0 Å². The summed E-state index contributed by atoms with van der Waals surface area (Å²) < 4.78 is 0. The number of nitrogens with one attached hydrogen (secondary N) is 1. The van der Waals surface area contributed by atoms with E-state index >= 15 is 0 Å². The normalized spacial score (nSPS) is 15.7. The fourth-order valence-electron chi connectivity index (χ4n) is 3.10. The lowest BCUT2D eigenvalue weighted by atomic mass is 10.2. The van der Waals surface area contributed by atoms with Crippen LogP contribution in [0.1, 0.15) is 26.2 Å². The van der Waals surface area contributed by atoms with Crippen molar-refractivity contribution in [2.45, 2.75) is 26.2 Å². The minimum Gasteiger partial charge on any atom is -0.359 e. The smallest absolute Gasteiger partial charge is 0.226 e. The molecule has 0 bridgehead atoms. The molecule has 1 N–H and O–H groups in total. The Balaban J connectivity index is 1.82. The molecule has 0 unspecified atom stereocenters. The molecule has 2 aromatic rings. The van der Waals surface area contributed by atoms with Crippen LogP contribution in [-0.4, -0.2) is 42.0 Å². The van der Waals surface area contributed by atoms with Crippen molar-refractivity contribution in [2.75, 3.05) is 31.1 Å². The van der Waals surface area contributed by atoms with E-state index in [9.17, 15) is 4.79 Å². The number of aromatic nitrogens is 1. The number of aromatic amines is 1. The zero-order chi connectivity index (χ0) is 14.7. The van der Waals surface area contributed by atoms with Gasteiger partial charge in [0.25, 0.3) is 0 Å². The molecule has 1 aliphatic rings. The van der Waals surface area contributed by atoms with Gasteiger partial charge in [0.1, 0.15) is 0 Å². The van der Waals surface area contributed by atoms with Gasteiger partial charge in [-0.25, -0.2) is 0 Å². The lowest BCUT2D eigenvalue weighted by Crippen LogP contribution is -2.37. The summed E-state index contributed by atoms with van der Waals surface area (Å²) in [6.45, 7) is 6.00. The summed E-state index contributed by atoms with van der Waals surface area (Å²) in [5.41, 5.74) is 2.10. The molecule has 4 heteroatoms. The second-order valence-electron chi connectivity index (χ2n) is 5.67. The van der Waals surface area contributed by atoms with E-state index in [1.165, 1.54) is 25.9 Å². The standard InChI is InChI=1S/C17H23N3O/c1-2-17(21)20(12-11-19-9-5-6-10-19)16-13-18-15-8-4-3-7-14(15)16/h3-4,7-8,13,18H,2,5-6,9-12H2,1H3. The van der Waals surface area contributed by atoms with Crippen molar-refractivity contribution in [3.63, 3.8) is 0 Å². The Kier molecular flexibility index (Phi) is 4.25. The molecular weight excluding hydrogens is 262 g/mol. The number of nitrogens with zero attached hydrogens (tertiary/aromatic N) is 2. The third-order valence-corrected chi connectivity index (χ3v) is 4.30. The fourth-order valence-corrected chi connectivity index (χ4v) is 3.10. The number of hydrogen-bond acceptors (Lipinski definition) is 2. The first kappa shape index (κ1) is 14.1. The second-order valence-corrected chi connectivity index (χ2v) is 5.67. The Morgan fingerprint density at radius 3 is 2.81 bits per heavy atom. The highest BCUT2D eigenvalue weighted by Gasteiger charge is 2.19. The van der Waals surface area contributed by atoms with E-state index in [2.05, 4.69) is 16.0 Å². The summed E-state index contributed by atoms with van der Waals surface area (Å²) in [7, 11) is 0. The molecule has 3 rings (SSSR count). The molecule has 1 amide bonds. The van der Waals surface area contributed by atoms with E-state index in [-0.39, 0.29) is 5.91 Å². The first-order valence-electron chi connectivity index (χ1n) is 7.88. The van der Waals surface area contributed by atoms with Crippen molar-refractivity contribution in [3.05, 3.63) is 30.5 Å². The van der Waals surface area contributed by atoms with Crippen LogP contribution in [0.3, 0.4) is 0 Å². The first-order valence-corrected chi connectivity index (χ1v) is 7.88. The van der Waals surface area contributed by atoms with Crippen LogP contribution in [0.15, 0.2) is 30.5 Å². The molecule has 4 nitrogen and oxygen atoms in total. The van der Waals surface area contributed by atoms with Crippen LogP contribution in [-0.2, 0) is 4.79 Å². The fraction of sp³-hybridized carbons (Fsp3) is 0.471. The SMILES string of the molecule is CCC(=O)N(CCN1CCCC1)c1c[nH]c2ccccc12. The summed E-state index contributed by atoms with van der Waals surface area (Å²) in [5, 5.41) is 1.13. The van der Waals surface area contributed by atoms with Crippen molar-refractivity contribution >= 4 is 22.5 Å². The maximum absolute atomic E-state index is 12.4. The lowest BCUT2D eigenvalue weighted by Gasteiger charge is -2.24. The number of carbonyl (C=O) groups excluding carboxylic acids is 1. The van der Waals surface area contributed by atoms with Crippen molar-refractivity contribution < 1.29 is 4.79 Å². The number of amides is 1. The number of anilines is 1. The highest BCUT2D eigenvalue weighted by atomic mass is 16.2. The Labute approximate surface area is 125 Å². The number of benzene rings is 1. The summed E-state index contributed by atoms with van der Waals surface area (Å²) >= 11 is 0. The number of hydrogen-bond donors (Lipinski definition) is 1. The van der Waals surface area contributed by atoms with E-state index in [0.29, 0.717) is 6.42 Å². The van der Waals surface area contributed by atoms with Gasteiger partial charge in [0.05, 0.1) is 5.69 Å². The van der Waals surface area contributed by atoms with Gasteiger partial charge in [0.2, 0.25) is 5.91 Å². The third kappa shape index (κ3) is 2.95. The molecule has 1 aromatic heterocycles. The number of H-pyrrole nitrogens is 1. The average molecular weight is 285 g/mol. The molecule has 0 radical (unpaired) electrons. The van der Waals surface area contributed by atoms with Gasteiger partial charge < -0.3 is 14.8 Å². The van der Waals surface area contributed by atoms with Gasteiger partial charge in [0, 0.05) is 36.6 Å². The number of likely N-dealkylation sites (tertiary alicyclic amines) is 1. The van der Waals surface area contributed by atoms with E-state index in [1.54, 1.807) is 0 Å². The number of para-hydroxylation sites is 1. The van der Waals surface area contributed by atoms with Crippen LogP contribution in [0.2, 0.25) is 0 Å². The van der Waals surface area contributed by atoms with E-state index in [4.69, 9.17) is 0 Å². The molecule has 0 saturated carbocycles. The molecule has 1 aromatic carbocycles. The average Bonchev–Trinajstić information content (AvgIpc) is 3.17. The maximum Gasteiger partial charge on any atom is 0.226 e. The largest absolute Gasteiger partial charge is 0.359 e. The Bertz CT molecular complexity index is 613. The number of fused-ring (bicyclic) bond motifs is 1. The van der Waals surface area contributed by atoms with Gasteiger partial charge in [-0.3, -0.25) is 4.79 Å². The van der Waals surface area contributed by atoms with Gasteiger partial charge in [-0.15, -0.1) is 0 Å². The highest BCUT2D eigenvalue weighted by Crippen LogP contribution is 2.27. The van der Waals surface area contributed by atoms with Crippen LogP contribution in [0.5, 0.6) is 0 Å². The number of rotatable bonds is 5. The molecule has 112 valence electrons. The van der Waals surface area contributed by atoms with Crippen molar-refractivity contribution in [2.24, 2.45) is 0 Å². The highest BCUT2D eigenvalue weighted by molar-refractivity contribution is 6.03. The lowest BCUT2D eigenvalue weighted by molar-refractivity contribution is -0.118. The predicted octanol–water partition coefficient (Wildman–Crippen LogP) is 3.01. The number of carbonyl (C=O) groups is 1. The van der Waals surface area contributed by atoms with Crippen molar-refractivity contribution in [1.29, 1.82) is 0 Å². The summed E-state index contributed by atoms with van der Waals surface area (Å²) in [4.78, 5) is 20.0. The summed E-state index contributed by atoms with van der Waals surface area (Å²) in [6.07, 6.45) is 5.07. The van der Waals surface area contributed by atoms with Gasteiger partial charge in [-0.2, -0.15) is 0 Å². The molecular formula is C17H23N3O. The summed E-state index contributed by atoms with van der Waals surface area (Å²) in [5.74, 6) is 0.193. The minimum absolute atomic E-state index is 0.193. The van der Waals surface area contributed by atoms with Crippen LogP contribution >= 0.6 is 0 Å². The van der Waals surface area contributed by atoms with Gasteiger partial charge >= 0.3 is 0 Å². The monoisotopic (exact) mass is 285 g/mol. The Morgan fingerprint density at radius 1 is 1.29 bits per heavy atom. The molecule has 0 spiro atoms. The van der Waals surface area contributed by atoms with E-state index in [0.717, 1.165) is 29.7 Å². The second kappa shape index (κ2) is 6.31. The van der Waals surface area contributed by atoms with Crippen molar-refractivity contribution in [3.8, 4) is 0 Å². The molecule has 0 atom stereocenters. The van der Waals surface area contributed by atoms with Gasteiger partial charge in [-0.05, 0) is 32.0 Å². The summed E-state index contributed by atoms with van der Waals surface area (Å²) in [6, 6.07) is 8.16. The predicted molar refractivity (Wildman–Crippen MR) is 86.6 cm³/mol. The molecule has 1 fully saturated rings. The quantitative estimate of drug-likeness (QED) is 0.917. The Morgan fingerprint density at radius 2 is 2.05 bits per heavy atom. The van der Waals surface area contributed by atoms with Gasteiger partial charge in [-0.1, -0.05) is 25.1 Å². The molecule has 0 aliphatic carbocycles. The topological polar surface area (TPSA) is 39.3 Å². The molecule has 21 heavy (non-hydrogen) atoms. The van der Waals surface area contributed by atoms with E-state index in [1.807, 2.05) is 36.2 Å². The van der Waals surface area contributed by atoms with Crippen LogP contribution in [0.4, 0.5) is 5.69 Å².